The first-order valence-corrected chi connectivity index (χ1v) is 8.94. The fourth-order valence-electron chi connectivity index (χ4n) is 3.07. The van der Waals surface area contributed by atoms with E-state index >= 15 is 0 Å². The largest absolute Gasteiger partial charge is 0.416 e. The quantitative estimate of drug-likeness (QED) is 0.360. The summed E-state index contributed by atoms with van der Waals surface area (Å²) in [4.78, 5) is 27.6. The van der Waals surface area contributed by atoms with Crippen LogP contribution in [0.15, 0.2) is 72.9 Å². The van der Waals surface area contributed by atoms with E-state index in [1.165, 1.54) is 30.3 Å². The lowest BCUT2D eigenvalue weighted by Crippen LogP contribution is -2.14. The number of imidazole rings is 1. The summed E-state index contributed by atoms with van der Waals surface area (Å²) in [6.07, 6.45) is -2.84. The minimum atomic E-state index is -4.48. The number of carbonyl (C=O) groups is 1. The number of amides is 1. The summed E-state index contributed by atoms with van der Waals surface area (Å²) in [6.45, 7) is 0. The number of nitro groups is 1. The highest BCUT2D eigenvalue weighted by atomic mass is 19.4. The first-order valence-electron chi connectivity index (χ1n) is 8.94. The van der Waals surface area contributed by atoms with Crippen LogP contribution in [0.1, 0.15) is 15.9 Å². The zero-order valence-electron chi connectivity index (χ0n) is 15.6. The summed E-state index contributed by atoms with van der Waals surface area (Å²) >= 11 is 0. The van der Waals surface area contributed by atoms with Gasteiger partial charge in [-0.25, -0.2) is 4.98 Å². The third kappa shape index (κ3) is 3.95. The molecular weight excluding hydrogens is 413 g/mol. The second-order valence-electron chi connectivity index (χ2n) is 6.57. The van der Waals surface area contributed by atoms with Gasteiger partial charge in [0.15, 0.2) is 0 Å². The van der Waals surface area contributed by atoms with Crippen molar-refractivity contribution in [1.82, 2.24) is 9.38 Å². The average Bonchev–Trinajstić information content (AvgIpc) is 3.11. The molecule has 0 aliphatic rings. The van der Waals surface area contributed by atoms with Crippen molar-refractivity contribution in [2.45, 2.75) is 6.18 Å². The van der Waals surface area contributed by atoms with Crippen LogP contribution < -0.4 is 5.32 Å². The van der Waals surface area contributed by atoms with Crippen LogP contribution in [0.4, 0.5) is 24.7 Å². The summed E-state index contributed by atoms with van der Waals surface area (Å²) in [5.41, 5.74) is 0.103. The number of anilines is 1. The molecule has 0 fully saturated rings. The smallest absolute Gasteiger partial charge is 0.306 e. The SMILES string of the molecule is O=C(Nc1c(-c2ccc(C(F)(F)F)cc2)nc2ccccn12)c1cccc([N+](=O)[O-])c1. The van der Waals surface area contributed by atoms with E-state index in [9.17, 15) is 28.1 Å². The van der Waals surface area contributed by atoms with Crippen molar-refractivity contribution >= 4 is 23.1 Å². The number of nitro benzene ring substituents is 1. The van der Waals surface area contributed by atoms with Crippen LogP contribution in [0.2, 0.25) is 0 Å². The topological polar surface area (TPSA) is 89.5 Å². The lowest BCUT2D eigenvalue weighted by atomic mass is 10.1. The zero-order valence-corrected chi connectivity index (χ0v) is 15.6. The molecule has 4 aromatic rings. The maximum atomic E-state index is 12.9. The predicted octanol–water partition coefficient (Wildman–Crippen LogP) is 5.18. The van der Waals surface area contributed by atoms with Gasteiger partial charge < -0.3 is 5.32 Å². The average molecular weight is 426 g/mol. The first-order chi connectivity index (χ1) is 14.7. The van der Waals surface area contributed by atoms with Gasteiger partial charge in [0.25, 0.3) is 11.6 Å². The summed E-state index contributed by atoms with van der Waals surface area (Å²) in [6, 6.07) is 14.7. The van der Waals surface area contributed by atoms with Gasteiger partial charge in [0.1, 0.15) is 17.2 Å². The van der Waals surface area contributed by atoms with Crippen molar-refractivity contribution in [3.8, 4) is 11.3 Å². The van der Waals surface area contributed by atoms with E-state index < -0.39 is 22.6 Å². The molecule has 1 amide bonds. The summed E-state index contributed by atoms with van der Waals surface area (Å²) in [7, 11) is 0. The van der Waals surface area contributed by atoms with E-state index in [4.69, 9.17) is 0 Å². The number of benzene rings is 2. The number of pyridine rings is 1. The molecule has 0 atom stereocenters. The molecule has 0 saturated heterocycles. The Balaban J connectivity index is 1.76. The van der Waals surface area contributed by atoms with Crippen molar-refractivity contribution in [2.75, 3.05) is 5.32 Å². The maximum absolute atomic E-state index is 12.9. The molecule has 7 nitrogen and oxygen atoms in total. The van der Waals surface area contributed by atoms with Gasteiger partial charge in [-0.15, -0.1) is 0 Å². The van der Waals surface area contributed by atoms with Crippen LogP contribution in [-0.2, 0) is 6.18 Å². The Morgan fingerprint density at radius 1 is 1.03 bits per heavy atom. The molecule has 0 aliphatic heterocycles. The molecule has 2 heterocycles. The standard InChI is InChI=1S/C21H13F3N4O3/c22-21(23,24)15-9-7-13(8-10-15)18-19(27-11-2-1-6-17(27)25-18)26-20(29)14-4-3-5-16(12-14)28(30)31/h1-12H,(H,26,29). The lowest BCUT2D eigenvalue weighted by molar-refractivity contribution is -0.384. The molecule has 2 aromatic carbocycles. The molecule has 0 saturated carbocycles. The highest BCUT2D eigenvalue weighted by Crippen LogP contribution is 2.33. The van der Waals surface area contributed by atoms with Gasteiger partial charge in [-0.1, -0.05) is 24.3 Å². The number of non-ortho nitro benzene ring substituents is 1. The summed E-state index contributed by atoms with van der Waals surface area (Å²) in [5, 5.41) is 13.7. The number of nitrogens with zero attached hydrogens (tertiary/aromatic N) is 3. The first kappa shape index (κ1) is 20.1. The van der Waals surface area contributed by atoms with Crippen LogP contribution in [0.5, 0.6) is 0 Å². The number of nitrogens with one attached hydrogen (secondary N) is 1. The molecule has 1 N–H and O–H groups in total. The van der Waals surface area contributed by atoms with E-state index in [0.717, 1.165) is 18.2 Å². The molecular formula is C21H13F3N4O3. The van der Waals surface area contributed by atoms with Crippen molar-refractivity contribution in [1.29, 1.82) is 0 Å². The monoisotopic (exact) mass is 426 g/mol. The second kappa shape index (κ2) is 7.56. The molecule has 10 heteroatoms. The van der Waals surface area contributed by atoms with Crippen LogP contribution in [-0.4, -0.2) is 20.2 Å². The van der Waals surface area contributed by atoms with Gasteiger partial charge >= 0.3 is 6.18 Å². The highest BCUT2D eigenvalue weighted by Gasteiger charge is 2.30. The van der Waals surface area contributed by atoms with Crippen molar-refractivity contribution in [3.05, 3.63) is 94.2 Å². The fourth-order valence-corrected chi connectivity index (χ4v) is 3.07. The van der Waals surface area contributed by atoms with Gasteiger partial charge in [-0.3, -0.25) is 19.3 Å². The van der Waals surface area contributed by atoms with Gasteiger partial charge in [0.2, 0.25) is 0 Å². The van der Waals surface area contributed by atoms with Crippen LogP contribution in [0.25, 0.3) is 16.9 Å². The molecule has 0 radical (unpaired) electrons. The lowest BCUT2D eigenvalue weighted by Gasteiger charge is -2.09. The number of hydrogen-bond acceptors (Lipinski definition) is 4. The van der Waals surface area contributed by atoms with E-state index in [0.29, 0.717) is 11.2 Å². The Labute approximate surface area is 172 Å². The zero-order chi connectivity index (χ0) is 22.2. The van der Waals surface area contributed by atoms with Gasteiger partial charge in [-0.05, 0) is 30.3 Å². The Kier molecular flexibility index (Phi) is 4.90. The number of halogens is 3. The molecule has 0 aliphatic carbocycles. The molecule has 156 valence electrons. The van der Waals surface area contributed by atoms with Crippen molar-refractivity contribution < 1.29 is 22.9 Å². The van der Waals surface area contributed by atoms with Crippen molar-refractivity contribution in [3.63, 3.8) is 0 Å². The van der Waals surface area contributed by atoms with E-state index in [-0.39, 0.29) is 22.8 Å². The van der Waals surface area contributed by atoms with E-state index in [1.54, 1.807) is 28.8 Å². The molecule has 31 heavy (non-hydrogen) atoms. The highest BCUT2D eigenvalue weighted by molar-refractivity contribution is 6.06. The fraction of sp³-hybridized carbons (Fsp3) is 0.0476. The van der Waals surface area contributed by atoms with E-state index in [1.807, 2.05) is 0 Å². The van der Waals surface area contributed by atoms with Crippen molar-refractivity contribution in [2.24, 2.45) is 0 Å². The molecule has 0 unspecified atom stereocenters. The molecule has 2 aromatic heterocycles. The number of rotatable bonds is 4. The third-order valence-electron chi connectivity index (χ3n) is 4.57. The number of alkyl halides is 3. The normalized spacial score (nSPS) is 11.5. The number of aromatic nitrogens is 2. The Bertz CT molecular complexity index is 1300. The Morgan fingerprint density at radius 3 is 2.45 bits per heavy atom. The van der Waals surface area contributed by atoms with Crippen LogP contribution in [0.3, 0.4) is 0 Å². The molecule has 4 rings (SSSR count). The maximum Gasteiger partial charge on any atom is 0.416 e. The minimum Gasteiger partial charge on any atom is -0.306 e. The number of fused-ring (bicyclic) bond motifs is 1. The Hall–Kier alpha value is -4.21. The summed E-state index contributed by atoms with van der Waals surface area (Å²) < 4.78 is 40.3. The van der Waals surface area contributed by atoms with Crippen LogP contribution >= 0.6 is 0 Å². The van der Waals surface area contributed by atoms with Gasteiger partial charge in [0.05, 0.1) is 10.5 Å². The summed E-state index contributed by atoms with van der Waals surface area (Å²) in [5.74, 6) is -0.394. The van der Waals surface area contributed by atoms with Crippen LogP contribution in [0, 0.1) is 10.1 Å². The number of carbonyl (C=O) groups excluding carboxylic acids is 1. The predicted molar refractivity (Wildman–Crippen MR) is 107 cm³/mol. The molecule has 0 bridgehead atoms. The second-order valence-corrected chi connectivity index (χ2v) is 6.57. The third-order valence-corrected chi connectivity index (χ3v) is 4.57. The Morgan fingerprint density at radius 2 is 1.77 bits per heavy atom. The van der Waals surface area contributed by atoms with Gasteiger partial charge in [0, 0.05) is 29.5 Å². The number of hydrogen-bond donors (Lipinski definition) is 1. The van der Waals surface area contributed by atoms with E-state index in [2.05, 4.69) is 10.3 Å². The van der Waals surface area contributed by atoms with Gasteiger partial charge in [-0.2, -0.15) is 13.2 Å². The molecule has 0 spiro atoms. The minimum absolute atomic E-state index is 0.0541.